The topological polar surface area (TPSA) is 53.8 Å². The smallest absolute Gasteiger partial charge is 0.178 e. The van der Waals surface area contributed by atoms with Crippen LogP contribution in [0.5, 0.6) is 0 Å². The zero-order valence-corrected chi connectivity index (χ0v) is 15.9. The van der Waals surface area contributed by atoms with Crippen molar-refractivity contribution in [3.05, 3.63) is 94.1 Å². The van der Waals surface area contributed by atoms with Gasteiger partial charge in [-0.3, -0.25) is 0 Å². The van der Waals surface area contributed by atoms with Gasteiger partial charge < -0.3 is 15.3 Å². The van der Waals surface area contributed by atoms with Crippen molar-refractivity contribution in [3.8, 4) is 0 Å². The van der Waals surface area contributed by atoms with Crippen molar-refractivity contribution in [1.29, 1.82) is 0 Å². The van der Waals surface area contributed by atoms with Crippen molar-refractivity contribution in [2.24, 2.45) is 11.1 Å². The zero-order chi connectivity index (χ0) is 19.0. The van der Waals surface area contributed by atoms with E-state index in [1.54, 1.807) is 24.3 Å². The van der Waals surface area contributed by atoms with Crippen LogP contribution in [0.2, 0.25) is 10.0 Å². The second kappa shape index (κ2) is 7.04. The molecule has 4 rings (SSSR count). The molecule has 0 saturated carbocycles. The molecule has 27 heavy (non-hydrogen) atoms. The molecule has 0 saturated heterocycles. The molecule has 6 heteroatoms. The number of hydrogen-bond acceptors (Lipinski definition) is 4. The summed E-state index contributed by atoms with van der Waals surface area (Å²) in [7, 11) is 0. The Morgan fingerprint density at radius 1 is 1.15 bits per heavy atom. The number of aliphatic hydroxyl groups is 1. The molecular formula is C21H18Cl2N2O2. The molecule has 2 N–H and O–H groups in total. The SMILES string of the molecule is C=C[C@]1(O)C=C(NCc2ccccc2)[C@H]2ON=C(c3c(Cl)cccc3Cl)[C@H]21. The molecule has 0 unspecified atom stereocenters. The Balaban J connectivity index is 1.63. The molecule has 3 atom stereocenters. The fourth-order valence-corrected chi connectivity index (χ4v) is 4.17. The highest BCUT2D eigenvalue weighted by Crippen LogP contribution is 2.44. The first-order valence-corrected chi connectivity index (χ1v) is 9.33. The third-order valence-electron chi connectivity index (χ3n) is 4.94. The summed E-state index contributed by atoms with van der Waals surface area (Å²) in [6, 6.07) is 15.2. The van der Waals surface area contributed by atoms with Gasteiger partial charge in [-0.05, 0) is 23.8 Å². The number of nitrogens with zero attached hydrogens (tertiary/aromatic N) is 1. The van der Waals surface area contributed by atoms with Crippen molar-refractivity contribution in [2.45, 2.75) is 18.2 Å². The monoisotopic (exact) mass is 400 g/mol. The molecular weight excluding hydrogens is 383 g/mol. The van der Waals surface area contributed by atoms with Crippen LogP contribution in [0.4, 0.5) is 0 Å². The van der Waals surface area contributed by atoms with E-state index in [-0.39, 0.29) is 0 Å². The highest BCUT2D eigenvalue weighted by Gasteiger charge is 2.54. The maximum Gasteiger partial charge on any atom is 0.178 e. The number of benzene rings is 2. The van der Waals surface area contributed by atoms with E-state index < -0.39 is 17.6 Å². The van der Waals surface area contributed by atoms with Crippen molar-refractivity contribution in [1.82, 2.24) is 5.32 Å². The summed E-state index contributed by atoms with van der Waals surface area (Å²) in [5.41, 5.74) is 1.66. The zero-order valence-electron chi connectivity index (χ0n) is 14.4. The van der Waals surface area contributed by atoms with Crippen LogP contribution in [-0.4, -0.2) is 22.5 Å². The van der Waals surface area contributed by atoms with Gasteiger partial charge in [0.25, 0.3) is 0 Å². The Morgan fingerprint density at radius 3 is 2.52 bits per heavy atom. The van der Waals surface area contributed by atoms with Crippen LogP contribution in [0, 0.1) is 5.92 Å². The quantitative estimate of drug-likeness (QED) is 0.734. The van der Waals surface area contributed by atoms with Crippen LogP contribution in [0.25, 0.3) is 0 Å². The molecule has 2 aromatic rings. The Morgan fingerprint density at radius 2 is 1.85 bits per heavy atom. The minimum absolute atomic E-state index is 0.459. The largest absolute Gasteiger partial charge is 0.385 e. The third-order valence-corrected chi connectivity index (χ3v) is 5.57. The third kappa shape index (κ3) is 3.14. The number of hydrogen-bond donors (Lipinski definition) is 2. The second-order valence-electron chi connectivity index (χ2n) is 6.61. The van der Waals surface area contributed by atoms with Crippen LogP contribution >= 0.6 is 23.2 Å². The van der Waals surface area contributed by atoms with Crippen LogP contribution in [0.3, 0.4) is 0 Å². The number of halogens is 2. The summed E-state index contributed by atoms with van der Waals surface area (Å²) in [5.74, 6) is -0.481. The van der Waals surface area contributed by atoms with Gasteiger partial charge in [-0.25, -0.2) is 0 Å². The van der Waals surface area contributed by atoms with Gasteiger partial charge in [0, 0.05) is 12.1 Å². The molecule has 2 aliphatic rings. The normalized spacial score (nSPS) is 26.0. The highest BCUT2D eigenvalue weighted by atomic mass is 35.5. The van der Waals surface area contributed by atoms with E-state index in [9.17, 15) is 5.11 Å². The molecule has 1 aliphatic carbocycles. The van der Waals surface area contributed by atoms with Gasteiger partial charge in [0.1, 0.15) is 11.3 Å². The van der Waals surface area contributed by atoms with E-state index in [1.165, 1.54) is 6.08 Å². The number of oxime groups is 1. The average molecular weight is 401 g/mol. The van der Waals surface area contributed by atoms with Gasteiger partial charge in [0.15, 0.2) is 6.10 Å². The van der Waals surface area contributed by atoms with Gasteiger partial charge in [0.2, 0.25) is 0 Å². The lowest BCUT2D eigenvalue weighted by Crippen LogP contribution is -2.40. The predicted molar refractivity (Wildman–Crippen MR) is 108 cm³/mol. The molecule has 0 radical (unpaired) electrons. The molecule has 2 aromatic carbocycles. The summed E-state index contributed by atoms with van der Waals surface area (Å²) in [4.78, 5) is 5.68. The first-order valence-electron chi connectivity index (χ1n) is 8.58. The Hall–Kier alpha value is -2.27. The van der Waals surface area contributed by atoms with E-state index in [0.717, 1.165) is 11.3 Å². The lowest BCUT2D eigenvalue weighted by atomic mass is 9.82. The first kappa shape index (κ1) is 18.1. The second-order valence-corrected chi connectivity index (χ2v) is 7.42. The maximum absolute atomic E-state index is 11.2. The average Bonchev–Trinajstić information content (AvgIpc) is 3.22. The molecule has 0 amide bonds. The number of rotatable bonds is 5. The highest BCUT2D eigenvalue weighted by molar-refractivity contribution is 6.40. The fraction of sp³-hybridized carbons (Fsp3) is 0.190. The van der Waals surface area contributed by atoms with Crippen LogP contribution < -0.4 is 5.32 Å². The van der Waals surface area contributed by atoms with Gasteiger partial charge in [0.05, 0.1) is 21.7 Å². The van der Waals surface area contributed by atoms with Gasteiger partial charge >= 0.3 is 0 Å². The predicted octanol–water partition coefficient (Wildman–Crippen LogP) is 4.32. The molecule has 0 aromatic heterocycles. The summed E-state index contributed by atoms with van der Waals surface area (Å²) < 4.78 is 0. The number of nitrogens with one attached hydrogen (secondary N) is 1. The van der Waals surface area contributed by atoms with E-state index in [4.69, 9.17) is 28.0 Å². The Kier molecular flexibility index (Phi) is 4.72. The lowest BCUT2D eigenvalue weighted by molar-refractivity contribution is 0.0386. The molecule has 138 valence electrons. The minimum Gasteiger partial charge on any atom is -0.385 e. The fourth-order valence-electron chi connectivity index (χ4n) is 3.57. The van der Waals surface area contributed by atoms with E-state index in [0.29, 0.717) is 27.9 Å². The standard InChI is InChI=1S/C21H18Cl2N2O2/c1-2-21(26)11-16(24-12-13-7-4-3-5-8-13)20-18(21)19(25-27-20)17-14(22)9-6-10-15(17)23/h2-11,18,20,24,26H,1,12H2/t18-,20-,21+/m1/s1. The number of fused-ring (bicyclic) bond motifs is 1. The van der Waals surface area contributed by atoms with Crippen molar-refractivity contribution >= 4 is 28.9 Å². The van der Waals surface area contributed by atoms with Crippen molar-refractivity contribution < 1.29 is 9.94 Å². The summed E-state index contributed by atoms with van der Waals surface area (Å²) in [6.07, 6.45) is 2.77. The van der Waals surface area contributed by atoms with Gasteiger partial charge in [-0.1, -0.05) is 77.4 Å². The molecule has 0 bridgehead atoms. The van der Waals surface area contributed by atoms with Gasteiger partial charge in [-0.15, -0.1) is 0 Å². The van der Waals surface area contributed by atoms with E-state index in [1.807, 2.05) is 30.3 Å². The molecule has 1 aliphatic heterocycles. The summed E-state index contributed by atoms with van der Waals surface area (Å²) >= 11 is 12.7. The molecule has 1 heterocycles. The first-order chi connectivity index (χ1) is 13.0. The van der Waals surface area contributed by atoms with Crippen molar-refractivity contribution in [2.75, 3.05) is 0 Å². The lowest BCUT2D eigenvalue weighted by Gasteiger charge is -2.25. The Labute approximate surface area is 167 Å². The van der Waals surface area contributed by atoms with Crippen LogP contribution in [0.1, 0.15) is 11.1 Å². The molecule has 0 spiro atoms. The Bertz CT molecular complexity index is 922. The van der Waals surface area contributed by atoms with Crippen LogP contribution in [0.15, 0.2) is 78.1 Å². The maximum atomic E-state index is 11.2. The van der Waals surface area contributed by atoms with E-state index >= 15 is 0 Å². The van der Waals surface area contributed by atoms with Gasteiger partial charge in [-0.2, -0.15) is 0 Å². The van der Waals surface area contributed by atoms with E-state index in [2.05, 4.69) is 17.1 Å². The molecule has 4 nitrogen and oxygen atoms in total. The van der Waals surface area contributed by atoms with Crippen LogP contribution in [-0.2, 0) is 11.4 Å². The minimum atomic E-state index is -1.32. The van der Waals surface area contributed by atoms with Crippen molar-refractivity contribution in [3.63, 3.8) is 0 Å². The molecule has 0 fully saturated rings. The summed E-state index contributed by atoms with van der Waals surface area (Å²) in [5, 5.41) is 19.7. The summed E-state index contributed by atoms with van der Waals surface area (Å²) in [6.45, 7) is 4.41.